The predicted octanol–water partition coefficient (Wildman–Crippen LogP) is 2.32. The van der Waals surface area contributed by atoms with Crippen molar-refractivity contribution in [2.45, 2.75) is 6.42 Å². The van der Waals surface area contributed by atoms with Gasteiger partial charge in [0.15, 0.2) is 18.1 Å². The quantitative estimate of drug-likeness (QED) is 0.504. The second-order valence-corrected chi connectivity index (χ2v) is 5.41. The molecule has 0 aromatic heterocycles. The summed E-state index contributed by atoms with van der Waals surface area (Å²) in [6, 6.07) is 10.1. The minimum Gasteiger partial charge on any atom is -0.493 e. The molecule has 0 atom stereocenters. The van der Waals surface area contributed by atoms with Gasteiger partial charge in [0.1, 0.15) is 11.6 Å². The summed E-state index contributed by atoms with van der Waals surface area (Å²) in [7, 11) is 1.41. The Morgan fingerprint density at radius 3 is 2.41 bits per heavy atom. The van der Waals surface area contributed by atoms with Gasteiger partial charge in [-0.05, 0) is 42.5 Å². The maximum atomic E-state index is 12.8. The first-order valence-corrected chi connectivity index (χ1v) is 8.14. The third kappa shape index (κ3) is 6.50. The van der Waals surface area contributed by atoms with Gasteiger partial charge >= 0.3 is 5.97 Å². The van der Waals surface area contributed by atoms with Crippen LogP contribution in [0.3, 0.4) is 0 Å². The number of carbonyl (C=O) groups is 2. The van der Waals surface area contributed by atoms with Gasteiger partial charge in [-0.1, -0.05) is 0 Å². The molecule has 0 fully saturated rings. The van der Waals surface area contributed by atoms with Crippen molar-refractivity contribution >= 4 is 11.9 Å². The number of halogens is 1. The van der Waals surface area contributed by atoms with Crippen LogP contribution in [0.2, 0.25) is 0 Å². The van der Waals surface area contributed by atoms with Gasteiger partial charge in [-0.15, -0.1) is 0 Å². The number of amides is 1. The molecule has 2 aromatic rings. The van der Waals surface area contributed by atoms with Crippen molar-refractivity contribution < 1.29 is 32.9 Å². The average molecular weight is 377 g/mol. The van der Waals surface area contributed by atoms with E-state index in [2.05, 4.69) is 0 Å². The normalized spacial score (nSPS) is 10.1. The molecule has 0 aliphatic carbocycles. The van der Waals surface area contributed by atoms with Crippen LogP contribution in [0.5, 0.6) is 17.2 Å². The Kier molecular flexibility index (Phi) is 7.42. The van der Waals surface area contributed by atoms with Crippen molar-refractivity contribution in [3.05, 3.63) is 53.8 Å². The van der Waals surface area contributed by atoms with Crippen molar-refractivity contribution in [1.82, 2.24) is 0 Å². The summed E-state index contributed by atoms with van der Waals surface area (Å²) in [5.41, 5.74) is 5.30. The molecule has 8 heteroatoms. The number of rotatable bonds is 10. The number of ether oxygens (including phenoxy) is 4. The Labute approximate surface area is 155 Å². The number of hydrogen-bond acceptors (Lipinski definition) is 6. The van der Waals surface area contributed by atoms with Gasteiger partial charge in [0.25, 0.3) is 5.91 Å². The van der Waals surface area contributed by atoms with Crippen LogP contribution < -0.4 is 19.9 Å². The first kappa shape index (κ1) is 20.0. The number of primary amides is 1. The van der Waals surface area contributed by atoms with Gasteiger partial charge in [-0.2, -0.15) is 0 Å². The SMILES string of the molecule is COc1cc(C(=O)OCCCOc2ccc(F)cc2)ccc1OCC(N)=O. The second kappa shape index (κ2) is 10.0. The van der Waals surface area contributed by atoms with Crippen LogP contribution in [-0.2, 0) is 9.53 Å². The zero-order valence-corrected chi connectivity index (χ0v) is 14.8. The molecule has 27 heavy (non-hydrogen) atoms. The average Bonchev–Trinajstić information content (AvgIpc) is 2.67. The third-order valence-corrected chi connectivity index (χ3v) is 3.37. The summed E-state index contributed by atoms with van der Waals surface area (Å²) in [5, 5.41) is 0. The van der Waals surface area contributed by atoms with Gasteiger partial charge < -0.3 is 24.7 Å². The van der Waals surface area contributed by atoms with E-state index in [1.807, 2.05) is 0 Å². The number of hydrogen-bond donors (Lipinski definition) is 1. The first-order chi connectivity index (χ1) is 13.0. The van der Waals surface area contributed by atoms with Crippen LogP contribution in [0.25, 0.3) is 0 Å². The fourth-order valence-electron chi connectivity index (χ4n) is 2.09. The zero-order chi connectivity index (χ0) is 19.6. The molecular weight excluding hydrogens is 357 g/mol. The molecule has 2 aromatic carbocycles. The number of carbonyl (C=O) groups excluding carboxylic acids is 2. The van der Waals surface area contributed by atoms with Crippen molar-refractivity contribution in [3.8, 4) is 17.2 Å². The topological polar surface area (TPSA) is 97.1 Å². The summed E-state index contributed by atoms with van der Waals surface area (Å²) in [6.45, 7) is 0.179. The lowest BCUT2D eigenvalue weighted by molar-refractivity contribution is -0.119. The minimum absolute atomic E-state index is 0.155. The van der Waals surface area contributed by atoms with Gasteiger partial charge in [-0.25, -0.2) is 9.18 Å². The maximum Gasteiger partial charge on any atom is 0.338 e. The highest BCUT2D eigenvalue weighted by Crippen LogP contribution is 2.28. The fourth-order valence-corrected chi connectivity index (χ4v) is 2.09. The Hall–Kier alpha value is -3.29. The van der Waals surface area contributed by atoms with E-state index in [0.717, 1.165) is 0 Å². The summed E-state index contributed by atoms with van der Waals surface area (Å²) in [5.74, 6) is -0.373. The first-order valence-electron chi connectivity index (χ1n) is 8.14. The van der Waals surface area contributed by atoms with E-state index >= 15 is 0 Å². The van der Waals surface area contributed by atoms with E-state index in [-0.39, 0.29) is 30.3 Å². The molecular formula is C19H20FNO6. The predicted molar refractivity (Wildman–Crippen MR) is 94.5 cm³/mol. The number of benzene rings is 2. The van der Waals surface area contributed by atoms with E-state index in [1.54, 1.807) is 0 Å². The molecule has 144 valence electrons. The van der Waals surface area contributed by atoms with Crippen molar-refractivity contribution in [2.75, 3.05) is 26.9 Å². The molecule has 2 N–H and O–H groups in total. The molecule has 0 unspecified atom stereocenters. The van der Waals surface area contributed by atoms with Gasteiger partial charge in [-0.3, -0.25) is 4.79 Å². The molecule has 0 saturated heterocycles. The maximum absolute atomic E-state index is 12.8. The van der Waals surface area contributed by atoms with Crippen molar-refractivity contribution in [2.24, 2.45) is 5.73 Å². The van der Waals surface area contributed by atoms with Crippen LogP contribution in [0.4, 0.5) is 4.39 Å². The number of esters is 1. The molecule has 0 spiro atoms. The van der Waals surface area contributed by atoms with Crippen LogP contribution in [0.1, 0.15) is 16.8 Å². The lowest BCUT2D eigenvalue weighted by Gasteiger charge is -2.11. The van der Waals surface area contributed by atoms with Crippen LogP contribution >= 0.6 is 0 Å². The lowest BCUT2D eigenvalue weighted by atomic mass is 10.2. The zero-order valence-electron chi connectivity index (χ0n) is 14.8. The Morgan fingerprint density at radius 1 is 1.00 bits per heavy atom. The van der Waals surface area contributed by atoms with E-state index in [1.165, 1.54) is 49.6 Å². The van der Waals surface area contributed by atoms with Gasteiger partial charge in [0.2, 0.25) is 0 Å². The minimum atomic E-state index is -0.622. The summed E-state index contributed by atoms with van der Waals surface area (Å²) in [4.78, 5) is 22.9. The molecule has 0 bridgehead atoms. The van der Waals surface area contributed by atoms with Crippen molar-refractivity contribution in [3.63, 3.8) is 0 Å². The van der Waals surface area contributed by atoms with E-state index in [9.17, 15) is 14.0 Å². The molecule has 0 aliphatic rings. The smallest absolute Gasteiger partial charge is 0.338 e. The Bertz CT molecular complexity index is 778. The lowest BCUT2D eigenvalue weighted by Crippen LogP contribution is -2.20. The summed E-state index contributed by atoms with van der Waals surface area (Å²) < 4.78 is 33.7. The van der Waals surface area contributed by atoms with Gasteiger partial charge in [0, 0.05) is 6.42 Å². The van der Waals surface area contributed by atoms with Crippen LogP contribution in [0, 0.1) is 5.82 Å². The molecule has 0 aliphatic heterocycles. The highest BCUT2D eigenvalue weighted by molar-refractivity contribution is 5.90. The highest BCUT2D eigenvalue weighted by Gasteiger charge is 2.13. The monoisotopic (exact) mass is 377 g/mol. The Balaban J connectivity index is 1.79. The molecule has 2 rings (SSSR count). The fraction of sp³-hybridized carbons (Fsp3) is 0.263. The van der Waals surface area contributed by atoms with E-state index < -0.39 is 11.9 Å². The third-order valence-electron chi connectivity index (χ3n) is 3.37. The Morgan fingerprint density at radius 2 is 1.74 bits per heavy atom. The van der Waals surface area contributed by atoms with E-state index in [4.69, 9.17) is 24.7 Å². The second-order valence-electron chi connectivity index (χ2n) is 5.41. The highest BCUT2D eigenvalue weighted by atomic mass is 19.1. The largest absolute Gasteiger partial charge is 0.493 e. The molecule has 0 radical (unpaired) electrons. The molecule has 7 nitrogen and oxygen atoms in total. The molecule has 0 saturated carbocycles. The summed E-state index contributed by atoms with van der Waals surface area (Å²) in [6.07, 6.45) is 0.472. The molecule has 0 heterocycles. The van der Waals surface area contributed by atoms with Gasteiger partial charge in [0.05, 0.1) is 25.9 Å². The van der Waals surface area contributed by atoms with E-state index in [0.29, 0.717) is 24.5 Å². The summed E-state index contributed by atoms with van der Waals surface area (Å²) >= 11 is 0. The van der Waals surface area contributed by atoms with Crippen molar-refractivity contribution in [1.29, 1.82) is 0 Å². The number of methoxy groups -OCH3 is 1. The number of nitrogens with two attached hydrogens (primary N) is 1. The van der Waals surface area contributed by atoms with Crippen LogP contribution in [0.15, 0.2) is 42.5 Å². The molecule has 1 amide bonds. The van der Waals surface area contributed by atoms with Crippen LogP contribution in [-0.4, -0.2) is 38.8 Å². The standard InChI is InChI=1S/C19H20FNO6/c1-24-17-11-13(3-8-16(17)27-12-18(21)22)19(23)26-10-2-9-25-15-6-4-14(20)5-7-15/h3-8,11H,2,9-10,12H2,1H3,(H2,21,22).